The van der Waals surface area contributed by atoms with Crippen molar-refractivity contribution >= 4 is 15.9 Å². The maximum Gasteiger partial charge on any atom is 0.118 e. The summed E-state index contributed by atoms with van der Waals surface area (Å²) in [6.45, 7) is 1.36. The number of pyridine rings is 1. The summed E-state index contributed by atoms with van der Waals surface area (Å²) in [5.74, 6) is 0.868. The highest BCUT2D eigenvalue weighted by molar-refractivity contribution is 9.10. The Morgan fingerprint density at radius 3 is 2.57 bits per heavy atom. The number of aromatic nitrogens is 1. The van der Waals surface area contributed by atoms with Gasteiger partial charge >= 0.3 is 0 Å². The largest absolute Gasteiger partial charge is 0.497 e. The molecular weight excluding hydrogens is 330 g/mol. The number of nitrogens with zero attached hydrogens (tertiary/aromatic N) is 2. The highest BCUT2D eigenvalue weighted by atomic mass is 79.9. The second kappa shape index (κ2) is 7.54. The Labute approximate surface area is 134 Å². The van der Waals surface area contributed by atoms with Crippen molar-refractivity contribution in [1.82, 2.24) is 9.88 Å². The predicted molar refractivity (Wildman–Crippen MR) is 88.2 cm³/mol. The maximum atomic E-state index is 5.95. The molecule has 1 aromatic heterocycles. The van der Waals surface area contributed by atoms with E-state index >= 15 is 0 Å². The molecule has 1 heterocycles. The molecule has 1 unspecified atom stereocenters. The molecule has 0 fully saturated rings. The number of hydrogen-bond donors (Lipinski definition) is 1. The molecule has 0 aliphatic carbocycles. The average molecular weight is 350 g/mol. The zero-order chi connectivity index (χ0) is 15.2. The molecule has 5 heteroatoms. The molecule has 2 N–H and O–H groups in total. The lowest BCUT2D eigenvalue weighted by molar-refractivity contribution is 0.241. The fourth-order valence-electron chi connectivity index (χ4n) is 2.31. The van der Waals surface area contributed by atoms with Crippen LogP contribution in [0.3, 0.4) is 0 Å². The van der Waals surface area contributed by atoms with Gasteiger partial charge in [0.05, 0.1) is 7.11 Å². The Kier molecular flexibility index (Phi) is 5.73. The minimum Gasteiger partial charge on any atom is -0.497 e. The first kappa shape index (κ1) is 15.9. The molecule has 1 aromatic carbocycles. The zero-order valence-corrected chi connectivity index (χ0v) is 13.9. The van der Waals surface area contributed by atoms with Crippen molar-refractivity contribution in [2.45, 2.75) is 12.6 Å². The summed E-state index contributed by atoms with van der Waals surface area (Å²) in [6.07, 6.45) is 3.65. The average Bonchev–Trinajstić information content (AvgIpc) is 2.49. The molecule has 2 rings (SSSR count). The van der Waals surface area contributed by atoms with Crippen molar-refractivity contribution in [2.24, 2.45) is 5.73 Å². The first-order chi connectivity index (χ1) is 10.1. The fraction of sp³-hybridized carbons (Fsp3) is 0.312. The minimum atomic E-state index is 0.136. The Balaban J connectivity index is 2.10. The van der Waals surface area contributed by atoms with E-state index in [1.807, 2.05) is 18.3 Å². The van der Waals surface area contributed by atoms with Gasteiger partial charge in [-0.05, 0) is 52.3 Å². The van der Waals surface area contributed by atoms with Gasteiger partial charge in [-0.1, -0.05) is 12.1 Å². The standard InChI is InChI=1S/C16H20BrN3O/c1-20(11-12-3-5-15(21-2)6-4-12)16(8-18)13-7-14(17)10-19-9-13/h3-7,9-10,16H,8,11,18H2,1-2H3. The first-order valence-corrected chi connectivity index (χ1v) is 7.57. The summed E-state index contributed by atoms with van der Waals surface area (Å²) in [4.78, 5) is 6.45. The van der Waals surface area contributed by atoms with Crippen molar-refractivity contribution < 1.29 is 4.74 Å². The van der Waals surface area contributed by atoms with E-state index in [-0.39, 0.29) is 6.04 Å². The molecule has 0 amide bonds. The molecule has 0 aliphatic heterocycles. The van der Waals surface area contributed by atoms with Crippen LogP contribution >= 0.6 is 15.9 Å². The number of benzene rings is 1. The molecule has 1 atom stereocenters. The van der Waals surface area contributed by atoms with Crippen LogP contribution in [0.5, 0.6) is 5.75 Å². The lowest BCUT2D eigenvalue weighted by Gasteiger charge is -2.27. The smallest absolute Gasteiger partial charge is 0.118 e. The number of ether oxygens (including phenoxy) is 1. The molecule has 0 spiro atoms. The van der Waals surface area contributed by atoms with Crippen molar-refractivity contribution in [1.29, 1.82) is 0 Å². The van der Waals surface area contributed by atoms with Gasteiger partial charge in [-0.15, -0.1) is 0 Å². The van der Waals surface area contributed by atoms with Gasteiger partial charge in [0.25, 0.3) is 0 Å². The van der Waals surface area contributed by atoms with Gasteiger partial charge in [0.2, 0.25) is 0 Å². The van der Waals surface area contributed by atoms with Crippen LogP contribution < -0.4 is 10.5 Å². The van der Waals surface area contributed by atoms with Crippen LogP contribution in [-0.2, 0) is 6.54 Å². The van der Waals surface area contributed by atoms with E-state index in [9.17, 15) is 0 Å². The summed E-state index contributed by atoms with van der Waals surface area (Å²) in [7, 11) is 3.74. The monoisotopic (exact) mass is 349 g/mol. The molecule has 0 bridgehead atoms. The van der Waals surface area contributed by atoms with E-state index in [1.165, 1.54) is 5.56 Å². The molecule has 112 valence electrons. The van der Waals surface area contributed by atoms with Gasteiger partial charge in [0, 0.05) is 36.0 Å². The predicted octanol–water partition coefficient (Wildman–Crippen LogP) is 2.98. The van der Waals surface area contributed by atoms with Gasteiger partial charge < -0.3 is 10.5 Å². The van der Waals surface area contributed by atoms with Crippen LogP contribution in [0.25, 0.3) is 0 Å². The van der Waals surface area contributed by atoms with E-state index in [0.717, 1.165) is 22.3 Å². The van der Waals surface area contributed by atoms with Crippen LogP contribution in [-0.4, -0.2) is 30.6 Å². The highest BCUT2D eigenvalue weighted by Crippen LogP contribution is 2.23. The molecule has 0 radical (unpaired) electrons. The van der Waals surface area contributed by atoms with E-state index in [4.69, 9.17) is 10.5 Å². The highest BCUT2D eigenvalue weighted by Gasteiger charge is 2.16. The summed E-state index contributed by atoms with van der Waals surface area (Å²) in [5, 5.41) is 0. The van der Waals surface area contributed by atoms with Gasteiger partial charge in [0.1, 0.15) is 5.75 Å². The second-order valence-electron chi connectivity index (χ2n) is 4.95. The number of methoxy groups -OCH3 is 1. The molecule has 21 heavy (non-hydrogen) atoms. The van der Waals surface area contributed by atoms with E-state index in [2.05, 4.69) is 51.1 Å². The van der Waals surface area contributed by atoms with E-state index < -0.39 is 0 Å². The van der Waals surface area contributed by atoms with Crippen LogP contribution in [0.1, 0.15) is 17.2 Å². The number of rotatable bonds is 6. The topological polar surface area (TPSA) is 51.4 Å². The quantitative estimate of drug-likeness (QED) is 0.870. The Hall–Kier alpha value is -1.43. The summed E-state index contributed by atoms with van der Waals surface area (Å²) in [5.41, 5.74) is 8.29. The van der Waals surface area contributed by atoms with E-state index in [0.29, 0.717) is 6.54 Å². The van der Waals surface area contributed by atoms with Gasteiger partial charge in [-0.25, -0.2) is 0 Å². The first-order valence-electron chi connectivity index (χ1n) is 6.77. The lowest BCUT2D eigenvalue weighted by Crippen LogP contribution is -2.30. The number of likely N-dealkylation sites (N-methyl/N-ethyl adjacent to an activating group) is 1. The molecular formula is C16H20BrN3O. The Morgan fingerprint density at radius 2 is 2.00 bits per heavy atom. The van der Waals surface area contributed by atoms with E-state index in [1.54, 1.807) is 13.3 Å². The van der Waals surface area contributed by atoms with Crippen LogP contribution in [0, 0.1) is 0 Å². The summed E-state index contributed by atoms with van der Waals surface area (Å²) < 4.78 is 6.15. The Bertz CT molecular complexity index is 574. The molecule has 4 nitrogen and oxygen atoms in total. The van der Waals surface area contributed by atoms with Crippen molar-refractivity contribution in [3.63, 3.8) is 0 Å². The lowest BCUT2D eigenvalue weighted by atomic mass is 10.1. The SMILES string of the molecule is COc1ccc(CN(C)C(CN)c2cncc(Br)c2)cc1. The van der Waals surface area contributed by atoms with Gasteiger partial charge in [-0.2, -0.15) is 0 Å². The van der Waals surface area contributed by atoms with Crippen molar-refractivity contribution in [3.05, 3.63) is 58.3 Å². The zero-order valence-electron chi connectivity index (χ0n) is 12.3. The van der Waals surface area contributed by atoms with Crippen LogP contribution in [0.15, 0.2) is 47.2 Å². The van der Waals surface area contributed by atoms with Crippen LogP contribution in [0.2, 0.25) is 0 Å². The summed E-state index contributed by atoms with van der Waals surface area (Å²) >= 11 is 3.46. The maximum absolute atomic E-state index is 5.95. The van der Waals surface area contributed by atoms with Crippen molar-refractivity contribution in [3.8, 4) is 5.75 Å². The molecule has 0 saturated carbocycles. The molecule has 2 aromatic rings. The third-order valence-corrected chi connectivity index (χ3v) is 3.89. The minimum absolute atomic E-state index is 0.136. The number of hydrogen-bond acceptors (Lipinski definition) is 4. The third kappa shape index (κ3) is 4.27. The summed E-state index contributed by atoms with van der Waals surface area (Å²) in [6, 6.07) is 10.3. The molecule has 0 saturated heterocycles. The normalized spacial score (nSPS) is 12.4. The van der Waals surface area contributed by atoms with Gasteiger partial charge in [0.15, 0.2) is 0 Å². The second-order valence-corrected chi connectivity index (χ2v) is 5.87. The fourth-order valence-corrected chi connectivity index (χ4v) is 2.69. The number of halogens is 1. The van der Waals surface area contributed by atoms with Gasteiger partial charge in [-0.3, -0.25) is 9.88 Å². The Morgan fingerprint density at radius 1 is 1.29 bits per heavy atom. The van der Waals surface area contributed by atoms with Crippen molar-refractivity contribution in [2.75, 3.05) is 20.7 Å². The third-order valence-electron chi connectivity index (χ3n) is 3.46. The number of nitrogens with two attached hydrogens (primary N) is 1. The molecule has 0 aliphatic rings. The van der Waals surface area contributed by atoms with Crippen LogP contribution in [0.4, 0.5) is 0 Å².